The van der Waals surface area contributed by atoms with Gasteiger partial charge in [0.25, 0.3) is 0 Å². The van der Waals surface area contributed by atoms with Gasteiger partial charge in [-0.25, -0.2) is 0 Å². The minimum absolute atomic E-state index is 0.255. The minimum atomic E-state index is 0.255. The Morgan fingerprint density at radius 3 is 3.00 bits per heavy atom. The second kappa shape index (κ2) is 7.11. The molecule has 1 atom stereocenters. The van der Waals surface area contributed by atoms with Crippen molar-refractivity contribution in [2.75, 3.05) is 12.5 Å². The summed E-state index contributed by atoms with van der Waals surface area (Å²) in [4.78, 5) is 2.44. The van der Waals surface area contributed by atoms with Gasteiger partial charge < -0.3 is 4.74 Å². The van der Waals surface area contributed by atoms with Crippen LogP contribution in [0.25, 0.3) is 0 Å². The topological polar surface area (TPSA) is 54.1 Å². The Labute approximate surface area is 163 Å². The van der Waals surface area contributed by atoms with E-state index in [1.54, 1.807) is 0 Å². The van der Waals surface area contributed by atoms with Crippen molar-refractivity contribution in [3.05, 3.63) is 45.2 Å². The van der Waals surface area contributed by atoms with Gasteiger partial charge in [0.2, 0.25) is 0 Å². The second-order valence-corrected chi connectivity index (χ2v) is 7.63. The largest absolute Gasteiger partial charge is 0.489 e. The summed E-state index contributed by atoms with van der Waals surface area (Å²) in [5, 5.41) is 14.7. The number of alkyl halides is 1. The van der Waals surface area contributed by atoms with E-state index in [1.807, 2.05) is 17.8 Å². The van der Waals surface area contributed by atoms with Crippen molar-refractivity contribution in [1.29, 1.82) is 5.26 Å². The van der Waals surface area contributed by atoms with Crippen molar-refractivity contribution >= 4 is 23.2 Å². The van der Waals surface area contributed by atoms with Gasteiger partial charge in [0.15, 0.2) is 5.75 Å². The van der Waals surface area contributed by atoms with E-state index in [9.17, 15) is 5.26 Å². The van der Waals surface area contributed by atoms with Crippen LogP contribution in [-0.2, 0) is 26.6 Å². The zero-order valence-electron chi connectivity index (χ0n) is 14.6. The number of fused-ring (bicyclic) bond motifs is 2. The van der Waals surface area contributed by atoms with E-state index < -0.39 is 0 Å². The summed E-state index contributed by atoms with van der Waals surface area (Å²) in [6, 6.07) is 4.46. The van der Waals surface area contributed by atoms with Crippen molar-refractivity contribution < 1.29 is 4.74 Å². The Balaban J connectivity index is 1.69. The Morgan fingerprint density at radius 1 is 1.42 bits per heavy atom. The number of aryl methyl sites for hydroxylation is 1. The highest BCUT2D eigenvalue weighted by Gasteiger charge is 2.34. The van der Waals surface area contributed by atoms with Crippen LogP contribution in [0.4, 0.5) is 0 Å². The summed E-state index contributed by atoms with van der Waals surface area (Å²) in [6.45, 7) is 2.06. The number of halogens is 2. The fourth-order valence-corrected chi connectivity index (χ4v) is 4.59. The first-order chi connectivity index (χ1) is 12.6. The van der Waals surface area contributed by atoms with Crippen LogP contribution in [0, 0.1) is 11.3 Å². The number of nitrogens with zero attached hydrogens (tertiary/aromatic N) is 4. The van der Waals surface area contributed by atoms with Gasteiger partial charge in [0, 0.05) is 37.9 Å². The number of nitriles is 1. The molecule has 0 amide bonds. The lowest BCUT2D eigenvalue weighted by atomic mass is 9.85. The van der Waals surface area contributed by atoms with Crippen LogP contribution in [0.3, 0.4) is 0 Å². The number of benzene rings is 1. The number of hydrogen-bond donors (Lipinski definition) is 0. The predicted molar refractivity (Wildman–Crippen MR) is 101 cm³/mol. The number of ether oxygens (including phenoxy) is 1. The molecule has 0 N–H and O–H groups in total. The van der Waals surface area contributed by atoms with E-state index in [0.717, 1.165) is 49.2 Å². The average molecular weight is 391 g/mol. The van der Waals surface area contributed by atoms with Crippen LogP contribution in [0.15, 0.2) is 12.3 Å². The Kier molecular flexibility index (Phi) is 4.83. The molecular weight excluding hydrogens is 371 g/mol. The zero-order valence-corrected chi connectivity index (χ0v) is 16.1. The molecular formula is C19H20Cl2N4O. The molecule has 4 rings (SSSR count). The first kappa shape index (κ1) is 17.7. The molecule has 1 aromatic carbocycles. The van der Waals surface area contributed by atoms with Crippen molar-refractivity contribution in [2.24, 2.45) is 7.05 Å². The van der Waals surface area contributed by atoms with Gasteiger partial charge in [-0.05, 0) is 36.5 Å². The van der Waals surface area contributed by atoms with E-state index >= 15 is 0 Å². The lowest BCUT2D eigenvalue weighted by Crippen LogP contribution is -2.27. The molecule has 2 aliphatic rings. The highest BCUT2D eigenvalue weighted by Crippen LogP contribution is 2.45. The smallest absolute Gasteiger partial charge is 0.155 e. The normalized spacial score (nSPS) is 19.1. The molecule has 1 aliphatic heterocycles. The van der Waals surface area contributed by atoms with Crippen LogP contribution in [0.5, 0.6) is 5.75 Å². The third kappa shape index (κ3) is 2.96. The first-order valence-electron chi connectivity index (χ1n) is 8.82. The number of rotatable bonds is 4. The summed E-state index contributed by atoms with van der Waals surface area (Å²) >= 11 is 12.4. The molecule has 5 nitrogen and oxygen atoms in total. The van der Waals surface area contributed by atoms with Gasteiger partial charge >= 0.3 is 0 Å². The van der Waals surface area contributed by atoms with Crippen LogP contribution in [0.2, 0.25) is 5.02 Å². The molecule has 2 aromatic rings. The maximum atomic E-state index is 9.59. The summed E-state index contributed by atoms with van der Waals surface area (Å²) in [5.41, 5.74) is 5.19. The van der Waals surface area contributed by atoms with Gasteiger partial charge in [-0.3, -0.25) is 9.58 Å². The highest BCUT2D eigenvalue weighted by atomic mass is 35.5. The Bertz CT molecular complexity index is 863. The molecule has 0 radical (unpaired) electrons. The van der Waals surface area contributed by atoms with E-state index in [1.165, 1.54) is 5.56 Å². The first-order valence-corrected chi connectivity index (χ1v) is 9.73. The molecule has 2 heterocycles. The summed E-state index contributed by atoms with van der Waals surface area (Å²) < 4.78 is 7.55. The fourth-order valence-electron chi connectivity index (χ4n) is 4.15. The van der Waals surface area contributed by atoms with Crippen molar-refractivity contribution in [2.45, 2.75) is 38.4 Å². The molecule has 0 saturated carbocycles. The van der Waals surface area contributed by atoms with Gasteiger partial charge in [0.05, 0.1) is 22.2 Å². The molecule has 0 saturated heterocycles. The van der Waals surface area contributed by atoms with E-state index in [4.69, 9.17) is 27.9 Å². The molecule has 0 spiro atoms. The van der Waals surface area contributed by atoms with Crippen LogP contribution >= 0.6 is 23.2 Å². The van der Waals surface area contributed by atoms with E-state index in [0.29, 0.717) is 28.8 Å². The monoisotopic (exact) mass is 390 g/mol. The van der Waals surface area contributed by atoms with Crippen molar-refractivity contribution in [1.82, 2.24) is 14.7 Å². The van der Waals surface area contributed by atoms with Crippen LogP contribution in [-0.4, -0.2) is 27.2 Å². The number of hydrogen-bond acceptors (Lipinski definition) is 4. The lowest BCUT2D eigenvalue weighted by Gasteiger charge is -2.34. The van der Waals surface area contributed by atoms with Gasteiger partial charge in [-0.1, -0.05) is 11.6 Å². The van der Waals surface area contributed by atoms with Crippen molar-refractivity contribution in [3.63, 3.8) is 0 Å². The molecule has 0 bridgehead atoms. The predicted octanol–water partition coefficient (Wildman–Crippen LogP) is 3.96. The minimum Gasteiger partial charge on any atom is -0.489 e. The molecule has 136 valence electrons. The van der Waals surface area contributed by atoms with Crippen LogP contribution in [0.1, 0.15) is 46.8 Å². The Morgan fingerprint density at radius 2 is 2.27 bits per heavy atom. The van der Waals surface area contributed by atoms with Crippen LogP contribution < -0.4 is 4.74 Å². The average Bonchev–Trinajstić information content (AvgIpc) is 3.17. The molecule has 7 heteroatoms. The lowest BCUT2D eigenvalue weighted by molar-refractivity contribution is 0.177. The number of aromatic nitrogens is 2. The van der Waals surface area contributed by atoms with Crippen molar-refractivity contribution in [3.8, 4) is 11.8 Å². The Hall–Kier alpha value is -1.74. The standard InChI is InChI=1S/C19H20Cl2N4O/c1-24-9-13-10-25(11-16(13)23-24)17-4-2-3-14-15(17)7-12(8-22)19(18(14)21)26-6-5-20/h7,9,17H,2-6,10-11H2,1H3. The maximum Gasteiger partial charge on any atom is 0.155 e. The highest BCUT2D eigenvalue weighted by molar-refractivity contribution is 6.33. The second-order valence-electron chi connectivity index (χ2n) is 6.87. The van der Waals surface area contributed by atoms with Gasteiger partial charge in [0.1, 0.15) is 12.7 Å². The maximum absolute atomic E-state index is 9.59. The fraction of sp³-hybridized carbons (Fsp3) is 0.474. The quantitative estimate of drug-likeness (QED) is 0.741. The summed E-state index contributed by atoms with van der Waals surface area (Å²) in [6.07, 6.45) is 5.14. The molecule has 1 aliphatic carbocycles. The molecule has 1 unspecified atom stereocenters. The summed E-state index contributed by atoms with van der Waals surface area (Å²) in [7, 11) is 1.96. The van der Waals surface area contributed by atoms with E-state index in [-0.39, 0.29) is 6.04 Å². The van der Waals surface area contributed by atoms with Gasteiger partial charge in [-0.15, -0.1) is 11.6 Å². The molecule has 1 aromatic heterocycles. The summed E-state index contributed by atoms with van der Waals surface area (Å²) in [5.74, 6) is 0.835. The third-order valence-corrected chi connectivity index (χ3v) is 5.78. The zero-order chi connectivity index (χ0) is 18.3. The molecule has 26 heavy (non-hydrogen) atoms. The SMILES string of the molecule is Cn1cc2c(n1)CN(C1CCCc3c1cc(C#N)c(OCCCl)c3Cl)C2. The molecule has 0 fully saturated rings. The van der Waals surface area contributed by atoms with E-state index in [2.05, 4.69) is 22.3 Å². The van der Waals surface area contributed by atoms with Gasteiger partial charge in [-0.2, -0.15) is 10.4 Å². The third-order valence-electron chi connectivity index (χ3n) is 5.22.